The van der Waals surface area contributed by atoms with Crippen LogP contribution in [0.2, 0.25) is 0 Å². The van der Waals surface area contributed by atoms with E-state index in [0.717, 1.165) is 48.5 Å². The second kappa shape index (κ2) is 25.2. The Morgan fingerprint density at radius 1 is 0.500 bits per heavy atom. The Labute approximate surface area is 286 Å². The normalized spacial score (nSPS) is 11.7. The van der Waals surface area contributed by atoms with E-state index in [4.69, 9.17) is 9.98 Å². The second-order valence-electron chi connectivity index (χ2n) is 12.8. The molecule has 0 aliphatic heterocycles. The molecule has 0 heterocycles. The van der Waals surface area contributed by atoms with Crippen LogP contribution >= 0.6 is 0 Å². The molecule has 0 saturated heterocycles. The van der Waals surface area contributed by atoms with Crippen molar-refractivity contribution in [2.75, 3.05) is 0 Å². The van der Waals surface area contributed by atoms with Gasteiger partial charge in [0, 0.05) is 26.8 Å². The maximum absolute atomic E-state index is 5.14. The average Bonchev–Trinajstić information content (AvgIpc) is 2.95. The van der Waals surface area contributed by atoms with E-state index in [1.807, 2.05) is 0 Å². The molecule has 0 N–H and O–H groups in total. The molecule has 2 nitrogen and oxygen atoms in total. The zero-order chi connectivity index (χ0) is 31.1. The van der Waals surface area contributed by atoms with Gasteiger partial charge in [0.2, 0.25) is 0 Å². The minimum Gasteiger partial charge on any atom is -0.250 e. The van der Waals surface area contributed by atoms with Crippen molar-refractivity contribution in [2.24, 2.45) is 9.98 Å². The van der Waals surface area contributed by atoms with Crippen LogP contribution in [-0.4, -0.2) is 11.4 Å². The van der Waals surface area contributed by atoms with Crippen molar-refractivity contribution in [3.8, 4) is 11.8 Å². The molecule has 0 aliphatic rings. The van der Waals surface area contributed by atoms with Crippen molar-refractivity contribution in [1.29, 1.82) is 0 Å². The number of benzene rings is 2. The van der Waals surface area contributed by atoms with E-state index in [1.165, 1.54) is 119 Å². The smallest absolute Gasteiger partial charge is 0.135 e. The summed E-state index contributed by atoms with van der Waals surface area (Å²) in [5.41, 5.74) is 8.74. The van der Waals surface area contributed by atoms with Crippen LogP contribution < -0.4 is 0 Å². The first kappa shape index (κ1) is 40.0. The fraction of sp³-hybridized carbons (Fsp3) is 0.610. The van der Waals surface area contributed by atoms with Crippen LogP contribution in [-0.2, 0) is 20.4 Å². The third-order valence-electron chi connectivity index (χ3n) is 8.07. The molecule has 0 unspecified atom stereocenters. The Morgan fingerprint density at radius 2 is 0.886 bits per heavy atom. The van der Waals surface area contributed by atoms with Crippen LogP contribution in [0.5, 0.6) is 0 Å². The van der Waals surface area contributed by atoms with E-state index in [1.54, 1.807) is 0 Å². The minimum absolute atomic E-state index is 0. The van der Waals surface area contributed by atoms with E-state index >= 15 is 0 Å². The topological polar surface area (TPSA) is 24.7 Å². The molecule has 246 valence electrons. The van der Waals surface area contributed by atoms with Gasteiger partial charge in [-0.3, -0.25) is 4.99 Å². The van der Waals surface area contributed by atoms with Gasteiger partial charge >= 0.3 is 0 Å². The SMILES string of the molecule is CCCCCCCCCCCCCCCCCC#CC(=Nc1cc(C)cc(C)c1)C(CCCC)=Nc1cc(C)cc(C)c1.[Pd]. The first-order valence-corrected chi connectivity index (χ1v) is 17.7. The summed E-state index contributed by atoms with van der Waals surface area (Å²) in [6, 6.07) is 13.0. The molecule has 2 aromatic carbocycles. The van der Waals surface area contributed by atoms with Crippen LogP contribution in [0.15, 0.2) is 46.4 Å². The van der Waals surface area contributed by atoms with Crippen LogP contribution in [0.25, 0.3) is 0 Å². The zero-order valence-electron chi connectivity index (χ0n) is 29.1. The van der Waals surface area contributed by atoms with Crippen molar-refractivity contribution in [2.45, 2.75) is 164 Å². The van der Waals surface area contributed by atoms with E-state index in [0.29, 0.717) is 0 Å². The van der Waals surface area contributed by atoms with Crippen LogP contribution in [0.4, 0.5) is 11.4 Å². The molecule has 0 saturated carbocycles. The molecule has 2 aromatic rings. The van der Waals surface area contributed by atoms with Gasteiger partial charge in [-0.15, -0.1) is 0 Å². The summed E-state index contributed by atoms with van der Waals surface area (Å²) in [7, 11) is 0. The van der Waals surface area contributed by atoms with Crippen molar-refractivity contribution < 1.29 is 20.4 Å². The minimum atomic E-state index is 0. The molecule has 0 radical (unpaired) electrons. The van der Waals surface area contributed by atoms with Crippen molar-refractivity contribution in [1.82, 2.24) is 0 Å². The van der Waals surface area contributed by atoms with E-state index in [9.17, 15) is 0 Å². The fourth-order valence-corrected chi connectivity index (χ4v) is 5.78. The van der Waals surface area contributed by atoms with Gasteiger partial charge in [-0.05, 0) is 99.4 Å². The number of hydrogen-bond donors (Lipinski definition) is 0. The summed E-state index contributed by atoms with van der Waals surface area (Å²) in [6.45, 7) is 13.1. The molecule has 0 aromatic heterocycles. The first-order chi connectivity index (χ1) is 20.9. The Hall–Kier alpha value is -2.00. The monoisotopic (exact) mass is 688 g/mol. The maximum Gasteiger partial charge on any atom is 0.135 e. The Balaban J connectivity index is 0.00000968. The standard InChI is InChI=1S/C41H62N2.Pd/c1-7-9-11-12-13-14-15-16-17-18-19-20-21-22-23-24-25-27-41(43-39-32-36(5)29-37(6)33-39)40(26-10-8-2)42-38-30-34(3)28-35(4)31-38;/h28-33H,7-24,26H2,1-6H3;. The molecule has 3 heteroatoms. The van der Waals surface area contributed by atoms with Crippen molar-refractivity contribution in [3.63, 3.8) is 0 Å². The number of nitrogens with zero attached hydrogens (tertiary/aromatic N) is 2. The summed E-state index contributed by atoms with van der Waals surface area (Å²) in [5, 5.41) is 0. The fourth-order valence-electron chi connectivity index (χ4n) is 5.78. The summed E-state index contributed by atoms with van der Waals surface area (Å²) in [5.74, 6) is 6.97. The van der Waals surface area contributed by atoms with Crippen LogP contribution in [0.1, 0.15) is 158 Å². The largest absolute Gasteiger partial charge is 0.250 e. The molecule has 2 rings (SSSR count). The summed E-state index contributed by atoms with van der Waals surface area (Å²) >= 11 is 0. The van der Waals surface area contributed by atoms with Crippen molar-refractivity contribution in [3.05, 3.63) is 58.7 Å². The van der Waals surface area contributed by atoms with Crippen LogP contribution in [0, 0.1) is 39.5 Å². The van der Waals surface area contributed by atoms with E-state index in [2.05, 4.69) is 89.8 Å². The predicted octanol–water partition coefficient (Wildman–Crippen LogP) is 13.2. The number of hydrogen-bond acceptors (Lipinski definition) is 2. The molecule has 0 amide bonds. The third kappa shape index (κ3) is 18.7. The molecule has 0 fully saturated rings. The quantitative estimate of drug-likeness (QED) is 0.0540. The molecule has 0 spiro atoms. The summed E-state index contributed by atoms with van der Waals surface area (Å²) < 4.78 is 0. The van der Waals surface area contributed by atoms with Gasteiger partial charge in [-0.25, -0.2) is 4.99 Å². The Kier molecular flexibility index (Phi) is 22.9. The number of rotatable bonds is 21. The second-order valence-corrected chi connectivity index (χ2v) is 12.8. The molecule has 0 bridgehead atoms. The molecule has 0 atom stereocenters. The number of unbranched alkanes of at least 4 members (excludes halogenated alkanes) is 16. The van der Waals surface area contributed by atoms with Gasteiger partial charge in [0.1, 0.15) is 5.71 Å². The van der Waals surface area contributed by atoms with Gasteiger partial charge in [0.15, 0.2) is 0 Å². The van der Waals surface area contributed by atoms with Crippen LogP contribution in [0.3, 0.4) is 0 Å². The van der Waals surface area contributed by atoms with Gasteiger partial charge in [0.05, 0.1) is 17.1 Å². The van der Waals surface area contributed by atoms with E-state index < -0.39 is 0 Å². The maximum atomic E-state index is 5.14. The summed E-state index contributed by atoms with van der Waals surface area (Å²) in [4.78, 5) is 10.2. The number of aryl methyl sites for hydroxylation is 4. The Bertz CT molecular complexity index is 1140. The predicted molar refractivity (Wildman–Crippen MR) is 193 cm³/mol. The molecular weight excluding hydrogens is 627 g/mol. The van der Waals surface area contributed by atoms with Gasteiger partial charge in [0.25, 0.3) is 0 Å². The first-order valence-electron chi connectivity index (χ1n) is 17.7. The summed E-state index contributed by atoms with van der Waals surface area (Å²) in [6.07, 6.45) is 24.8. The van der Waals surface area contributed by atoms with Gasteiger partial charge in [-0.1, -0.05) is 128 Å². The molecule has 44 heavy (non-hydrogen) atoms. The zero-order valence-corrected chi connectivity index (χ0v) is 30.7. The average molecular weight is 689 g/mol. The van der Waals surface area contributed by atoms with Gasteiger partial charge < -0.3 is 0 Å². The Morgan fingerprint density at radius 3 is 1.32 bits per heavy atom. The van der Waals surface area contributed by atoms with Gasteiger partial charge in [-0.2, -0.15) is 0 Å². The van der Waals surface area contributed by atoms with E-state index in [-0.39, 0.29) is 20.4 Å². The number of aliphatic imine (C=N–C) groups is 2. The third-order valence-corrected chi connectivity index (χ3v) is 8.07. The molecule has 0 aliphatic carbocycles. The van der Waals surface area contributed by atoms with Crippen molar-refractivity contribution >= 4 is 22.8 Å². The molecular formula is C41H62N2Pd.